The predicted octanol–water partition coefficient (Wildman–Crippen LogP) is 2.43. The Morgan fingerprint density at radius 3 is 2.66 bits per heavy atom. The standard InChI is InChI=1S/C19H20N6O3S/c1-27-15-7-3-5-13(9-15)11-21-22-18-23-24-19(25(18)20)29-12-17(26)14-6-4-8-16(10-14)28-2/h3-11H,12,20H2,1-2H3,(H,22,23)/b21-11+. The third-order valence-corrected chi connectivity index (χ3v) is 4.80. The number of rotatable bonds is 9. The molecule has 0 amide bonds. The summed E-state index contributed by atoms with van der Waals surface area (Å²) in [6.45, 7) is 0. The lowest BCUT2D eigenvalue weighted by molar-refractivity contribution is 0.102. The number of hydrogen-bond donors (Lipinski definition) is 2. The van der Waals surface area contributed by atoms with Gasteiger partial charge >= 0.3 is 0 Å². The minimum absolute atomic E-state index is 0.0672. The first-order valence-electron chi connectivity index (χ1n) is 8.54. The van der Waals surface area contributed by atoms with Crippen LogP contribution in [0.3, 0.4) is 0 Å². The Labute approximate surface area is 171 Å². The first-order chi connectivity index (χ1) is 14.1. The van der Waals surface area contributed by atoms with Gasteiger partial charge in [-0.15, -0.1) is 10.2 Å². The minimum Gasteiger partial charge on any atom is -0.497 e. The van der Waals surface area contributed by atoms with Crippen molar-refractivity contribution in [1.82, 2.24) is 14.9 Å². The number of anilines is 1. The van der Waals surface area contributed by atoms with Crippen LogP contribution >= 0.6 is 11.8 Å². The number of hydrogen-bond acceptors (Lipinski definition) is 9. The highest BCUT2D eigenvalue weighted by Gasteiger charge is 2.13. The molecular formula is C19H20N6O3S. The molecule has 1 heterocycles. The summed E-state index contributed by atoms with van der Waals surface area (Å²) in [6.07, 6.45) is 1.61. The lowest BCUT2D eigenvalue weighted by atomic mass is 10.1. The van der Waals surface area contributed by atoms with Crippen molar-refractivity contribution in [2.75, 3.05) is 31.2 Å². The lowest BCUT2D eigenvalue weighted by Crippen LogP contribution is -2.14. The molecule has 9 nitrogen and oxygen atoms in total. The van der Waals surface area contributed by atoms with Gasteiger partial charge in [-0.2, -0.15) is 5.10 Å². The van der Waals surface area contributed by atoms with Crippen LogP contribution in [0.4, 0.5) is 5.95 Å². The molecule has 0 fully saturated rings. The molecule has 3 rings (SSSR count). The van der Waals surface area contributed by atoms with Crippen molar-refractivity contribution in [1.29, 1.82) is 0 Å². The van der Waals surface area contributed by atoms with Crippen LogP contribution < -0.4 is 20.7 Å². The summed E-state index contributed by atoms with van der Waals surface area (Å²) in [7, 11) is 3.16. The second-order valence-electron chi connectivity index (χ2n) is 5.77. The van der Waals surface area contributed by atoms with Gasteiger partial charge in [-0.1, -0.05) is 36.0 Å². The summed E-state index contributed by atoms with van der Waals surface area (Å²) in [5.74, 6) is 7.69. The maximum absolute atomic E-state index is 12.4. The molecule has 150 valence electrons. The number of aromatic nitrogens is 3. The quantitative estimate of drug-likeness (QED) is 0.181. The van der Waals surface area contributed by atoms with E-state index in [4.69, 9.17) is 15.3 Å². The Hall–Kier alpha value is -3.53. The summed E-state index contributed by atoms with van der Waals surface area (Å²) in [6, 6.07) is 14.4. The molecule has 2 aromatic carbocycles. The topological polar surface area (TPSA) is 117 Å². The number of ether oxygens (including phenoxy) is 2. The number of thioether (sulfide) groups is 1. The van der Waals surface area contributed by atoms with Crippen molar-refractivity contribution >= 4 is 29.7 Å². The molecule has 0 aliphatic rings. The molecule has 0 radical (unpaired) electrons. The second kappa shape index (κ2) is 9.60. The molecule has 29 heavy (non-hydrogen) atoms. The number of nitrogens with one attached hydrogen (secondary N) is 1. The van der Waals surface area contributed by atoms with Crippen LogP contribution in [-0.2, 0) is 0 Å². The fourth-order valence-electron chi connectivity index (χ4n) is 2.35. The monoisotopic (exact) mass is 412 g/mol. The smallest absolute Gasteiger partial charge is 0.264 e. The van der Waals surface area contributed by atoms with Crippen LogP contribution in [0.2, 0.25) is 0 Å². The van der Waals surface area contributed by atoms with E-state index in [2.05, 4.69) is 20.7 Å². The van der Waals surface area contributed by atoms with Crippen LogP contribution in [0.5, 0.6) is 11.5 Å². The molecule has 0 bridgehead atoms. The molecule has 0 aliphatic heterocycles. The van der Waals surface area contributed by atoms with Gasteiger partial charge in [-0.25, -0.2) is 10.1 Å². The van der Waals surface area contributed by atoms with Crippen molar-refractivity contribution in [2.24, 2.45) is 5.10 Å². The number of carbonyl (C=O) groups is 1. The zero-order valence-corrected chi connectivity index (χ0v) is 16.7. The zero-order chi connectivity index (χ0) is 20.6. The molecule has 0 aliphatic carbocycles. The molecule has 0 saturated heterocycles. The van der Waals surface area contributed by atoms with Crippen molar-refractivity contribution in [2.45, 2.75) is 5.16 Å². The Balaban J connectivity index is 1.58. The molecular weight excluding hydrogens is 392 g/mol. The summed E-state index contributed by atoms with van der Waals surface area (Å²) in [5, 5.41) is 12.4. The first-order valence-corrected chi connectivity index (χ1v) is 9.53. The third-order valence-electron chi connectivity index (χ3n) is 3.86. The number of nitrogens with two attached hydrogens (primary N) is 1. The average molecular weight is 412 g/mol. The number of hydrazone groups is 1. The predicted molar refractivity (Wildman–Crippen MR) is 112 cm³/mol. The average Bonchev–Trinajstić information content (AvgIpc) is 3.11. The lowest BCUT2D eigenvalue weighted by Gasteiger charge is -2.04. The fraction of sp³-hybridized carbons (Fsp3) is 0.158. The summed E-state index contributed by atoms with van der Waals surface area (Å²) >= 11 is 1.18. The Morgan fingerprint density at radius 2 is 1.90 bits per heavy atom. The van der Waals surface area contributed by atoms with Gasteiger partial charge in [-0.3, -0.25) is 4.79 Å². The molecule has 0 atom stereocenters. The minimum atomic E-state index is -0.0672. The van der Waals surface area contributed by atoms with Gasteiger partial charge in [0.05, 0.1) is 26.2 Å². The summed E-state index contributed by atoms with van der Waals surface area (Å²) in [4.78, 5) is 12.4. The van der Waals surface area contributed by atoms with Gasteiger partial charge in [0.1, 0.15) is 11.5 Å². The number of nitrogens with zero attached hydrogens (tertiary/aromatic N) is 4. The fourth-order valence-corrected chi connectivity index (χ4v) is 3.10. The third kappa shape index (κ3) is 5.26. The highest BCUT2D eigenvalue weighted by molar-refractivity contribution is 7.99. The van der Waals surface area contributed by atoms with Crippen LogP contribution in [0.25, 0.3) is 0 Å². The molecule has 3 aromatic rings. The molecule has 10 heteroatoms. The zero-order valence-electron chi connectivity index (χ0n) is 15.9. The van der Waals surface area contributed by atoms with E-state index < -0.39 is 0 Å². The van der Waals surface area contributed by atoms with Gasteiger partial charge in [0, 0.05) is 5.56 Å². The van der Waals surface area contributed by atoms with Gasteiger partial charge in [0.25, 0.3) is 5.95 Å². The molecule has 1 aromatic heterocycles. The van der Waals surface area contributed by atoms with Crippen LogP contribution in [0, 0.1) is 0 Å². The second-order valence-corrected chi connectivity index (χ2v) is 6.71. The molecule has 3 N–H and O–H groups in total. The van der Waals surface area contributed by atoms with Crippen LogP contribution in [-0.4, -0.2) is 46.8 Å². The SMILES string of the molecule is COc1cccc(/C=N/Nc2nnc(SCC(=O)c3cccc(OC)c3)n2N)c1. The van der Waals surface area contributed by atoms with E-state index in [0.717, 1.165) is 11.3 Å². The Bertz CT molecular complexity index is 1020. The van der Waals surface area contributed by atoms with E-state index in [-0.39, 0.29) is 17.5 Å². The van der Waals surface area contributed by atoms with Crippen molar-refractivity contribution in [3.8, 4) is 11.5 Å². The molecule has 0 saturated carbocycles. The Morgan fingerprint density at radius 1 is 1.17 bits per heavy atom. The number of Topliss-reactive ketones (excluding diaryl/α,β-unsaturated/α-hetero) is 1. The van der Waals surface area contributed by atoms with Gasteiger partial charge in [0.15, 0.2) is 5.78 Å². The summed E-state index contributed by atoms with van der Waals surface area (Å²) in [5.41, 5.74) is 4.13. The highest BCUT2D eigenvalue weighted by Crippen LogP contribution is 2.20. The number of nitrogen functional groups attached to an aromatic ring is 1. The van der Waals surface area contributed by atoms with Crippen molar-refractivity contribution < 1.29 is 14.3 Å². The van der Waals surface area contributed by atoms with Crippen LogP contribution in [0.15, 0.2) is 58.8 Å². The number of carbonyl (C=O) groups excluding carboxylic acids is 1. The van der Waals surface area contributed by atoms with E-state index in [0.29, 0.717) is 16.5 Å². The maximum Gasteiger partial charge on any atom is 0.264 e. The van der Waals surface area contributed by atoms with Gasteiger partial charge < -0.3 is 15.3 Å². The summed E-state index contributed by atoms with van der Waals surface area (Å²) < 4.78 is 11.5. The number of ketones is 1. The normalized spacial score (nSPS) is 10.8. The van der Waals surface area contributed by atoms with E-state index >= 15 is 0 Å². The number of benzene rings is 2. The maximum atomic E-state index is 12.4. The van der Waals surface area contributed by atoms with E-state index in [1.165, 1.54) is 16.4 Å². The van der Waals surface area contributed by atoms with E-state index in [9.17, 15) is 4.79 Å². The van der Waals surface area contributed by atoms with Gasteiger partial charge in [0.2, 0.25) is 5.16 Å². The Kier molecular flexibility index (Phi) is 6.69. The van der Waals surface area contributed by atoms with Crippen molar-refractivity contribution in [3.63, 3.8) is 0 Å². The van der Waals surface area contributed by atoms with Crippen molar-refractivity contribution in [3.05, 3.63) is 59.7 Å². The van der Waals surface area contributed by atoms with Gasteiger partial charge in [-0.05, 0) is 29.8 Å². The highest BCUT2D eigenvalue weighted by atomic mass is 32.2. The molecule has 0 spiro atoms. The molecule has 0 unspecified atom stereocenters. The number of methoxy groups -OCH3 is 2. The largest absolute Gasteiger partial charge is 0.497 e. The first kappa shape index (κ1) is 20.2. The van der Waals surface area contributed by atoms with E-state index in [1.807, 2.05) is 24.3 Å². The van der Waals surface area contributed by atoms with E-state index in [1.54, 1.807) is 44.7 Å². The van der Waals surface area contributed by atoms with Crippen LogP contribution in [0.1, 0.15) is 15.9 Å².